The molecule has 0 fully saturated rings. The zero-order valence-corrected chi connectivity index (χ0v) is 19.4. The number of ether oxygens (including phenoxy) is 2. The highest BCUT2D eigenvalue weighted by Gasteiger charge is 2.13. The quantitative estimate of drug-likeness (QED) is 0.385. The zero-order chi connectivity index (χ0) is 22.7. The number of rotatable bonds is 5. The third-order valence-electron chi connectivity index (χ3n) is 4.89. The number of amides is 1. The van der Waals surface area contributed by atoms with Crippen molar-refractivity contribution in [3.63, 3.8) is 0 Å². The van der Waals surface area contributed by atoms with Crippen LogP contribution in [-0.4, -0.2) is 30.2 Å². The maximum atomic E-state index is 12.6. The fourth-order valence-electron chi connectivity index (χ4n) is 3.24. The highest BCUT2D eigenvalue weighted by atomic mass is 32.1. The summed E-state index contributed by atoms with van der Waals surface area (Å²) < 4.78 is 11.6. The van der Waals surface area contributed by atoms with Gasteiger partial charge in [-0.2, -0.15) is 0 Å². The van der Waals surface area contributed by atoms with Gasteiger partial charge in [0, 0.05) is 16.8 Å². The number of methoxy groups -OCH3 is 2. The molecule has 4 aromatic rings. The van der Waals surface area contributed by atoms with E-state index in [9.17, 15) is 4.79 Å². The Kier molecular flexibility index (Phi) is 6.34. The van der Waals surface area contributed by atoms with Gasteiger partial charge in [0.1, 0.15) is 5.01 Å². The lowest BCUT2D eigenvalue weighted by molar-refractivity contribution is 0.0977. The van der Waals surface area contributed by atoms with Crippen molar-refractivity contribution in [2.24, 2.45) is 0 Å². The molecule has 3 aromatic carbocycles. The minimum atomic E-state index is -0.341. The second-order valence-corrected chi connectivity index (χ2v) is 8.43. The number of carbonyl (C=O) groups is 1. The number of benzene rings is 3. The summed E-state index contributed by atoms with van der Waals surface area (Å²) in [5.74, 6) is 0.682. The molecular weight excluding hydrogens is 442 g/mol. The van der Waals surface area contributed by atoms with Crippen molar-refractivity contribution in [3.8, 4) is 22.1 Å². The lowest BCUT2D eigenvalue weighted by Crippen LogP contribution is -2.34. The van der Waals surface area contributed by atoms with Gasteiger partial charge in [0.2, 0.25) is 0 Å². The van der Waals surface area contributed by atoms with E-state index in [0.29, 0.717) is 17.1 Å². The molecule has 4 rings (SSSR count). The molecule has 0 spiro atoms. The van der Waals surface area contributed by atoms with Crippen LogP contribution in [0.4, 0.5) is 5.69 Å². The molecule has 0 saturated carbocycles. The number of hydrogen-bond acceptors (Lipinski definition) is 6. The van der Waals surface area contributed by atoms with Crippen LogP contribution in [0.15, 0.2) is 60.7 Å². The first-order valence-electron chi connectivity index (χ1n) is 9.79. The van der Waals surface area contributed by atoms with E-state index in [-0.39, 0.29) is 11.0 Å². The lowest BCUT2D eigenvalue weighted by atomic mass is 10.1. The van der Waals surface area contributed by atoms with Crippen molar-refractivity contribution in [2.75, 3.05) is 19.5 Å². The third-order valence-corrected chi connectivity index (χ3v) is 6.18. The van der Waals surface area contributed by atoms with Crippen LogP contribution in [0.25, 0.3) is 20.8 Å². The van der Waals surface area contributed by atoms with E-state index in [4.69, 9.17) is 26.7 Å². The number of anilines is 1. The Labute approximate surface area is 195 Å². The topological polar surface area (TPSA) is 72.5 Å². The smallest absolute Gasteiger partial charge is 0.257 e. The van der Waals surface area contributed by atoms with Crippen LogP contribution in [0.1, 0.15) is 15.9 Å². The number of aryl methyl sites for hydroxylation is 1. The maximum Gasteiger partial charge on any atom is 0.257 e. The van der Waals surface area contributed by atoms with Gasteiger partial charge >= 0.3 is 0 Å². The normalized spacial score (nSPS) is 10.6. The molecule has 0 aliphatic carbocycles. The van der Waals surface area contributed by atoms with Gasteiger partial charge < -0.3 is 14.8 Å². The van der Waals surface area contributed by atoms with Gasteiger partial charge in [-0.1, -0.05) is 12.1 Å². The van der Waals surface area contributed by atoms with Gasteiger partial charge in [0.25, 0.3) is 5.91 Å². The van der Waals surface area contributed by atoms with E-state index in [1.54, 1.807) is 36.6 Å². The summed E-state index contributed by atoms with van der Waals surface area (Å²) in [5.41, 5.74) is 4.24. The van der Waals surface area contributed by atoms with E-state index < -0.39 is 0 Å². The van der Waals surface area contributed by atoms with Crippen molar-refractivity contribution >= 4 is 50.5 Å². The van der Waals surface area contributed by atoms with E-state index >= 15 is 0 Å². The van der Waals surface area contributed by atoms with Crippen LogP contribution in [0.2, 0.25) is 0 Å². The van der Waals surface area contributed by atoms with Crippen LogP contribution in [-0.2, 0) is 0 Å². The highest BCUT2D eigenvalue weighted by Crippen LogP contribution is 2.32. The van der Waals surface area contributed by atoms with Gasteiger partial charge in [-0.25, -0.2) is 4.98 Å². The molecule has 0 bridgehead atoms. The van der Waals surface area contributed by atoms with Gasteiger partial charge in [0.15, 0.2) is 16.6 Å². The van der Waals surface area contributed by atoms with Crippen LogP contribution in [0, 0.1) is 6.92 Å². The predicted molar refractivity (Wildman–Crippen MR) is 133 cm³/mol. The summed E-state index contributed by atoms with van der Waals surface area (Å²) in [4.78, 5) is 17.3. The molecule has 2 N–H and O–H groups in total. The van der Waals surface area contributed by atoms with Crippen LogP contribution >= 0.6 is 23.6 Å². The van der Waals surface area contributed by atoms with Crippen molar-refractivity contribution in [3.05, 3.63) is 71.8 Å². The summed E-state index contributed by atoms with van der Waals surface area (Å²) in [5, 5.41) is 6.97. The molecule has 0 aliphatic rings. The van der Waals surface area contributed by atoms with E-state index in [1.807, 2.05) is 37.3 Å². The molecule has 0 saturated heterocycles. The monoisotopic (exact) mass is 463 g/mol. The number of carbonyl (C=O) groups excluding carboxylic acids is 1. The van der Waals surface area contributed by atoms with E-state index in [0.717, 1.165) is 32.0 Å². The van der Waals surface area contributed by atoms with Gasteiger partial charge in [-0.3, -0.25) is 10.1 Å². The van der Waals surface area contributed by atoms with Crippen LogP contribution < -0.4 is 20.1 Å². The second kappa shape index (κ2) is 9.33. The summed E-state index contributed by atoms with van der Waals surface area (Å²) in [6, 6.07) is 19.0. The fourth-order valence-corrected chi connectivity index (χ4v) is 4.40. The lowest BCUT2D eigenvalue weighted by Gasteiger charge is -2.13. The Morgan fingerprint density at radius 1 is 1.00 bits per heavy atom. The summed E-state index contributed by atoms with van der Waals surface area (Å²) in [7, 11) is 3.06. The summed E-state index contributed by atoms with van der Waals surface area (Å²) in [6.07, 6.45) is 0. The number of aromatic nitrogens is 1. The van der Waals surface area contributed by atoms with Gasteiger partial charge in [-0.15, -0.1) is 11.3 Å². The second-order valence-electron chi connectivity index (χ2n) is 6.99. The minimum Gasteiger partial charge on any atom is -0.493 e. The Hall–Kier alpha value is -3.49. The predicted octanol–water partition coefficient (Wildman–Crippen LogP) is 5.42. The zero-order valence-electron chi connectivity index (χ0n) is 17.8. The van der Waals surface area contributed by atoms with Crippen LogP contribution in [0.5, 0.6) is 11.5 Å². The average Bonchev–Trinajstić information content (AvgIpc) is 3.24. The van der Waals surface area contributed by atoms with Crippen molar-refractivity contribution in [1.29, 1.82) is 0 Å². The SMILES string of the molecule is COc1ccc(C(=O)NC(=S)Nc2ccc(-c3nc4ccccc4s3)cc2C)cc1OC. The Balaban J connectivity index is 1.45. The van der Waals surface area contributed by atoms with Gasteiger partial charge in [-0.05, 0) is 73.2 Å². The number of fused-ring (bicyclic) bond motifs is 1. The largest absolute Gasteiger partial charge is 0.493 e. The molecular formula is C24H21N3O3S2. The average molecular weight is 464 g/mol. The number of nitrogens with zero attached hydrogens (tertiary/aromatic N) is 1. The molecule has 0 aliphatic heterocycles. The maximum absolute atomic E-state index is 12.6. The first kappa shape index (κ1) is 21.7. The molecule has 0 atom stereocenters. The number of para-hydroxylation sites is 1. The van der Waals surface area contributed by atoms with Crippen LogP contribution in [0.3, 0.4) is 0 Å². The Bertz CT molecular complexity index is 1280. The highest BCUT2D eigenvalue weighted by molar-refractivity contribution is 7.80. The molecule has 1 aromatic heterocycles. The third kappa shape index (κ3) is 4.56. The molecule has 6 nitrogen and oxygen atoms in total. The van der Waals surface area contributed by atoms with Gasteiger partial charge in [0.05, 0.1) is 24.4 Å². The van der Waals surface area contributed by atoms with E-state index in [1.165, 1.54) is 7.11 Å². The standard InChI is InChI=1S/C24H21N3O3S2/c1-14-12-16(23-25-18-6-4-5-7-21(18)32-23)8-10-17(14)26-24(31)27-22(28)15-9-11-19(29-2)20(13-15)30-3/h4-13H,1-3H3,(H2,26,27,28,31). The number of thiazole rings is 1. The molecule has 1 heterocycles. The van der Waals surface area contributed by atoms with Crippen molar-refractivity contribution in [2.45, 2.75) is 6.92 Å². The van der Waals surface area contributed by atoms with E-state index in [2.05, 4.69) is 22.8 Å². The molecule has 32 heavy (non-hydrogen) atoms. The number of hydrogen-bond donors (Lipinski definition) is 2. The molecule has 8 heteroatoms. The number of nitrogens with one attached hydrogen (secondary N) is 2. The fraction of sp³-hybridized carbons (Fsp3) is 0.125. The summed E-state index contributed by atoms with van der Waals surface area (Å²) >= 11 is 7.00. The Morgan fingerprint density at radius 3 is 2.50 bits per heavy atom. The minimum absolute atomic E-state index is 0.209. The Morgan fingerprint density at radius 2 is 1.78 bits per heavy atom. The molecule has 1 amide bonds. The molecule has 162 valence electrons. The first-order valence-corrected chi connectivity index (χ1v) is 11.0. The summed E-state index contributed by atoms with van der Waals surface area (Å²) in [6.45, 7) is 1.98. The van der Waals surface area contributed by atoms with Crippen molar-refractivity contribution < 1.29 is 14.3 Å². The first-order chi connectivity index (χ1) is 15.5. The van der Waals surface area contributed by atoms with Crippen molar-refractivity contribution in [1.82, 2.24) is 10.3 Å². The number of thiocarbonyl (C=S) groups is 1. The molecule has 0 unspecified atom stereocenters. The molecule has 0 radical (unpaired) electrons.